The minimum Gasteiger partial charge on any atom is -0.492 e. The molecule has 34 heavy (non-hydrogen) atoms. The third-order valence-electron chi connectivity index (χ3n) is 5.77. The first-order valence-corrected chi connectivity index (χ1v) is 11.1. The van der Waals surface area contributed by atoms with Crippen LogP contribution in [-0.2, 0) is 6.42 Å². The van der Waals surface area contributed by atoms with Gasteiger partial charge in [0.25, 0.3) is 5.91 Å². The SMILES string of the molecule is CCNC(=O)c1ccc2c(n1)N(C(=O)Nc1cc3c(cn1)OCCC3)C1CCN2C1.FC(F)F. The highest BCUT2D eigenvalue weighted by atomic mass is 19.4. The van der Waals surface area contributed by atoms with Gasteiger partial charge in [-0.2, -0.15) is 13.2 Å². The monoisotopic (exact) mass is 478 g/mol. The number of carbonyl (C=O) groups is 2. The van der Waals surface area contributed by atoms with Crippen LogP contribution in [0.4, 0.5) is 35.3 Å². The van der Waals surface area contributed by atoms with Crippen molar-refractivity contribution >= 4 is 29.3 Å². The maximum absolute atomic E-state index is 13.3. The molecule has 2 N–H and O–H groups in total. The highest BCUT2D eigenvalue weighted by molar-refractivity contribution is 6.05. The van der Waals surface area contributed by atoms with Gasteiger partial charge in [0.1, 0.15) is 17.3 Å². The second-order valence-electron chi connectivity index (χ2n) is 7.96. The van der Waals surface area contributed by atoms with E-state index >= 15 is 0 Å². The van der Waals surface area contributed by atoms with Crippen LogP contribution < -0.4 is 25.2 Å². The number of hydrogen-bond donors (Lipinski definition) is 2. The van der Waals surface area contributed by atoms with Gasteiger partial charge in [-0.3, -0.25) is 15.0 Å². The summed E-state index contributed by atoms with van der Waals surface area (Å²) in [5.41, 5.74) is 2.23. The Kier molecular flexibility index (Phi) is 7.03. The number of alkyl halides is 3. The van der Waals surface area contributed by atoms with Crippen LogP contribution in [-0.4, -0.2) is 60.9 Å². The van der Waals surface area contributed by atoms with E-state index in [1.165, 1.54) is 0 Å². The van der Waals surface area contributed by atoms with Crippen molar-refractivity contribution in [1.82, 2.24) is 15.3 Å². The second kappa shape index (κ2) is 10.1. The summed E-state index contributed by atoms with van der Waals surface area (Å²) in [5.74, 6) is 1.55. The molecule has 3 aliphatic heterocycles. The van der Waals surface area contributed by atoms with Crippen molar-refractivity contribution in [2.75, 3.05) is 41.4 Å². The molecule has 2 aromatic heterocycles. The number of rotatable bonds is 3. The molecule has 12 heteroatoms. The van der Waals surface area contributed by atoms with Gasteiger partial charge in [0.05, 0.1) is 24.5 Å². The number of ether oxygens (including phenoxy) is 1. The lowest BCUT2D eigenvalue weighted by molar-refractivity contribution is 0.00818. The lowest BCUT2D eigenvalue weighted by atomic mass is 10.1. The highest BCUT2D eigenvalue weighted by Crippen LogP contribution is 2.39. The van der Waals surface area contributed by atoms with Crippen molar-refractivity contribution in [2.45, 2.75) is 38.9 Å². The Morgan fingerprint density at radius 1 is 1.29 bits per heavy atom. The van der Waals surface area contributed by atoms with E-state index in [0.29, 0.717) is 30.5 Å². The topological polar surface area (TPSA) is 99.7 Å². The number of carbonyl (C=O) groups excluding carboxylic acids is 2. The van der Waals surface area contributed by atoms with Gasteiger partial charge in [0.2, 0.25) is 0 Å². The second-order valence-corrected chi connectivity index (χ2v) is 7.96. The van der Waals surface area contributed by atoms with E-state index in [9.17, 15) is 22.8 Å². The molecular formula is C22H25F3N6O3. The molecule has 5 heterocycles. The van der Waals surface area contributed by atoms with E-state index in [1.807, 2.05) is 19.1 Å². The lowest BCUT2D eigenvalue weighted by Crippen LogP contribution is -2.48. The predicted molar refractivity (Wildman–Crippen MR) is 120 cm³/mol. The maximum Gasteiger partial charge on any atom is 0.379 e. The average Bonchev–Trinajstić information content (AvgIpc) is 3.22. The first-order valence-electron chi connectivity index (χ1n) is 11.1. The van der Waals surface area contributed by atoms with E-state index < -0.39 is 6.68 Å². The summed E-state index contributed by atoms with van der Waals surface area (Å²) in [6.45, 7) is 1.03. The molecule has 1 saturated heterocycles. The summed E-state index contributed by atoms with van der Waals surface area (Å²) >= 11 is 0. The van der Waals surface area contributed by atoms with Crippen LogP contribution in [0.25, 0.3) is 0 Å². The van der Waals surface area contributed by atoms with Gasteiger partial charge >= 0.3 is 12.7 Å². The number of pyridine rings is 2. The molecule has 1 atom stereocenters. The summed E-state index contributed by atoms with van der Waals surface area (Å²) in [4.78, 5) is 38.4. The molecule has 1 fully saturated rings. The third kappa shape index (κ3) is 5.00. The van der Waals surface area contributed by atoms with Gasteiger partial charge in [-0.25, -0.2) is 14.8 Å². The summed E-state index contributed by atoms with van der Waals surface area (Å²) < 4.78 is 34.6. The van der Waals surface area contributed by atoms with Crippen molar-refractivity contribution in [3.05, 3.63) is 35.7 Å². The minimum atomic E-state index is -3.67. The number of anilines is 3. The van der Waals surface area contributed by atoms with Crippen molar-refractivity contribution in [3.8, 4) is 5.75 Å². The van der Waals surface area contributed by atoms with E-state index in [2.05, 4.69) is 25.5 Å². The number of aryl methyl sites for hydroxylation is 1. The predicted octanol–water partition coefficient (Wildman–Crippen LogP) is 3.36. The normalized spacial score (nSPS) is 17.7. The van der Waals surface area contributed by atoms with Crippen LogP contribution in [0.1, 0.15) is 35.8 Å². The fourth-order valence-corrected chi connectivity index (χ4v) is 4.34. The van der Waals surface area contributed by atoms with Crippen LogP contribution >= 0.6 is 0 Å². The molecule has 0 aromatic carbocycles. The molecule has 3 amide bonds. The molecule has 2 bridgehead atoms. The van der Waals surface area contributed by atoms with Crippen LogP contribution in [0.3, 0.4) is 0 Å². The number of nitrogens with one attached hydrogen (secondary N) is 2. The fourth-order valence-electron chi connectivity index (χ4n) is 4.34. The molecule has 0 saturated carbocycles. The molecule has 0 radical (unpaired) electrons. The Hall–Kier alpha value is -3.57. The standard InChI is InChI=1S/C21H24N6O3.CHF3/c1-2-22-20(28)15-5-6-16-19(24-15)27(14-7-8-26(16)12-14)21(29)25-18-10-13-4-3-9-30-17(13)11-23-18;2-1(3)4/h5-6,10-11,14H,2-4,7-9,12H2,1H3,(H,22,28)(H,23,25,29);1H. The van der Waals surface area contributed by atoms with Crippen LogP contribution in [0.15, 0.2) is 24.4 Å². The number of hydrogen-bond acceptors (Lipinski definition) is 6. The Bertz CT molecular complexity index is 1070. The summed E-state index contributed by atoms with van der Waals surface area (Å²) in [5, 5.41) is 5.68. The van der Waals surface area contributed by atoms with Crippen LogP contribution in [0.2, 0.25) is 0 Å². The van der Waals surface area contributed by atoms with Crippen molar-refractivity contribution < 1.29 is 27.5 Å². The summed E-state index contributed by atoms with van der Waals surface area (Å²) in [7, 11) is 0. The Morgan fingerprint density at radius 3 is 2.85 bits per heavy atom. The van der Waals surface area contributed by atoms with Gasteiger partial charge in [-0.15, -0.1) is 0 Å². The quantitative estimate of drug-likeness (QED) is 0.702. The first-order chi connectivity index (χ1) is 16.4. The highest BCUT2D eigenvalue weighted by Gasteiger charge is 2.40. The maximum atomic E-state index is 13.3. The lowest BCUT2D eigenvalue weighted by Gasteiger charge is -2.35. The molecular weight excluding hydrogens is 453 g/mol. The van der Waals surface area contributed by atoms with E-state index in [1.54, 1.807) is 17.2 Å². The van der Waals surface area contributed by atoms with Crippen molar-refractivity contribution in [1.29, 1.82) is 0 Å². The number of halogens is 3. The zero-order valence-corrected chi connectivity index (χ0v) is 18.6. The number of fused-ring (bicyclic) bond motifs is 5. The summed E-state index contributed by atoms with van der Waals surface area (Å²) in [6, 6.07) is 5.19. The number of aromatic nitrogens is 2. The minimum absolute atomic E-state index is 0.00967. The molecule has 2 aromatic rings. The molecule has 1 unspecified atom stereocenters. The average molecular weight is 478 g/mol. The van der Waals surface area contributed by atoms with E-state index in [-0.39, 0.29) is 18.0 Å². The molecule has 3 aliphatic rings. The van der Waals surface area contributed by atoms with Gasteiger partial charge in [-0.05, 0) is 49.9 Å². The zero-order chi connectivity index (χ0) is 24.2. The Balaban J connectivity index is 0.000000636. The molecule has 0 spiro atoms. The van der Waals surface area contributed by atoms with Crippen molar-refractivity contribution in [2.24, 2.45) is 0 Å². The number of amides is 3. The smallest absolute Gasteiger partial charge is 0.379 e. The largest absolute Gasteiger partial charge is 0.492 e. The summed E-state index contributed by atoms with van der Waals surface area (Å²) in [6.07, 6.45) is 4.37. The first kappa shape index (κ1) is 23.6. The van der Waals surface area contributed by atoms with Gasteiger partial charge in [0.15, 0.2) is 5.82 Å². The van der Waals surface area contributed by atoms with Crippen LogP contribution in [0.5, 0.6) is 5.75 Å². The fraction of sp³-hybridized carbons (Fsp3) is 0.455. The Labute approximate surface area is 194 Å². The third-order valence-corrected chi connectivity index (χ3v) is 5.77. The van der Waals surface area contributed by atoms with Gasteiger partial charge < -0.3 is 15.0 Å². The molecule has 0 aliphatic carbocycles. The Morgan fingerprint density at radius 2 is 2.09 bits per heavy atom. The van der Waals surface area contributed by atoms with Gasteiger partial charge in [0, 0.05) is 19.6 Å². The number of nitrogens with zero attached hydrogens (tertiary/aromatic N) is 4. The molecule has 9 nitrogen and oxygen atoms in total. The van der Waals surface area contributed by atoms with Gasteiger partial charge in [-0.1, -0.05) is 0 Å². The van der Waals surface area contributed by atoms with E-state index in [4.69, 9.17) is 4.74 Å². The molecule has 182 valence electrons. The van der Waals surface area contributed by atoms with Crippen molar-refractivity contribution in [3.63, 3.8) is 0 Å². The number of urea groups is 1. The zero-order valence-electron chi connectivity index (χ0n) is 18.6. The van der Waals surface area contributed by atoms with E-state index in [0.717, 1.165) is 49.4 Å². The van der Waals surface area contributed by atoms with Crippen LogP contribution in [0, 0.1) is 0 Å². The molecule has 5 rings (SSSR count).